The van der Waals surface area contributed by atoms with Crippen LogP contribution in [0.4, 0.5) is 0 Å². The lowest BCUT2D eigenvalue weighted by Gasteiger charge is -2.68. The van der Waals surface area contributed by atoms with Crippen molar-refractivity contribution in [2.24, 2.45) is 56.2 Å². The minimum atomic E-state index is -0.586. The molecule has 5 aliphatic carbocycles. The van der Waals surface area contributed by atoms with Crippen LogP contribution < -0.4 is 5.32 Å². The van der Waals surface area contributed by atoms with Gasteiger partial charge in [0, 0.05) is 29.7 Å². The molecule has 0 amide bonds. The van der Waals surface area contributed by atoms with Crippen molar-refractivity contribution in [2.45, 2.75) is 112 Å². The predicted octanol–water partition coefficient (Wildman–Crippen LogP) is 6.62. The van der Waals surface area contributed by atoms with E-state index >= 15 is 0 Å². The number of ether oxygens (including phenoxy) is 1. The molecule has 5 nitrogen and oxygen atoms in total. The molecule has 4 unspecified atom stereocenters. The van der Waals surface area contributed by atoms with Gasteiger partial charge in [0.2, 0.25) is 0 Å². The van der Waals surface area contributed by atoms with Gasteiger partial charge in [-0.1, -0.05) is 54.5 Å². The van der Waals surface area contributed by atoms with E-state index in [1.165, 1.54) is 19.3 Å². The minimum absolute atomic E-state index is 0.0180. The maximum absolute atomic E-state index is 14.4. The molecule has 4 saturated carbocycles. The van der Waals surface area contributed by atoms with E-state index < -0.39 is 5.41 Å². The van der Waals surface area contributed by atoms with Gasteiger partial charge in [0.25, 0.3) is 0 Å². The molecule has 0 aromatic rings. The van der Waals surface area contributed by atoms with E-state index in [1.807, 2.05) is 19.9 Å². The molecule has 1 heterocycles. The molecular formula is C34H50N2O3. The Hall–Kier alpha value is -1.51. The number of Topliss-reactive ketones (excluding diaryl/α,β-unsaturated/α-hetero) is 2. The number of carbonyl (C=O) groups is 2. The summed E-state index contributed by atoms with van der Waals surface area (Å²) in [6.07, 6.45) is 11.6. The summed E-state index contributed by atoms with van der Waals surface area (Å²) in [5, 5.41) is 13.4. The van der Waals surface area contributed by atoms with Gasteiger partial charge in [-0.25, -0.2) is 0 Å². The summed E-state index contributed by atoms with van der Waals surface area (Å²) >= 11 is 0. The van der Waals surface area contributed by atoms with Gasteiger partial charge >= 0.3 is 0 Å². The first-order valence-electron chi connectivity index (χ1n) is 15.7. The van der Waals surface area contributed by atoms with Crippen LogP contribution in [0.1, 0.15) is 106 Å². The SMILES string of the molecule is CC1(C)CC[C@]2(C3CNCO3)CC[C@]3(C)C(CC2C1)C(=O)C[C@@H]1[C@@]2(C)C=C(C#N)C(=O)C(C)(C)C2CC[C@]13C. The zero-order valence-electron chi connectivity index (χ0n) is 25.4. The summed E-state index contributed by atoms with van der Waals surface area (Å²) in [4.78, 5) is 27.7. The third-order valence-electron chi connectivity index (χ3n) is 14.2. The zero-order chi connectivity index (χ0) is 28.2. The summed E-state index contributed by atoms with van der Waals surface area (Å²) in [6, 6.07) is 2.25. The van der Waals surface area contributed by atoms with Crippen LogP contribution in [0, 0.1) is 67.5 Å². The number of rotatable bonds is 1. The molecule has 0 aromatic carbocycles. The first-order chi connectivity index (χ1) is 18.1. The summed E-state index contributed by atoms with van der Waals surface area (Å²) in [5.41, 5.74) is -0.304. The van der Waals surface area contributed by atoms with Gasteiger partial charge in [-0.05, 0) is 90.8 Å². The number of nitriles is 1. The van der Waals surface area contributed by atoms with Gasteiger partial charge < -0.3 is 4.74 Å². The smallest absolute Gasteiger partial charge is 0.178 e. The number of nitrogens with zero attached hydrogens (tertiary/aromatic N) is 1. The normalized spacial score (nSPS) is 50.4. The molecular weight excluding hydrogens is 484 g/mol. The topological polar surface area (TPSA) is 79.2 Å². The Labute approximate surface area is 235 Å². The third kappa shape index (κ3) is 3.56. The first-order valence-corrected chi connectivity index (χ1v) is 15.7. The van der Waals surface area contributed by atoms with E-state index in [9.17, 15) is 14.9 Å². The Morgan fingerprint density at radius 1 is 0.949 bits per heavy atom. The molecule has 0 radical (unpaired) electrons. The van der Waals surface area contributed by atoms with Gasteiger partial charge in [-0.15, -0.1) is 0 Å². The second kappa shape index (κ2) is 8.51. The fourth-order valence-corrected chi connectivity index (χ4v) is 11.8. The van der Waals surface area contributed by atoms with Crippen molar-refractivity contribution >= 4 is 11.6 Å². The number of hydrogen-bond acceptors (Lipinski definition) is 5. The second-order valence-electron chi connectivity index (χ2n) is 16.6. The van der Waals surface area contributed by atoms with Crippen molar-refractivity contribution in [1.29, 1.82) is 5.26 Å². The Morgan fingerprint density at radius 3 is 2.33 bits per heavy atom. The minimum Gasteiger partial charge on any atom is -0.361 e. The van der Waals surface area contributed by atoms with E-state index in [1.54, 1.807) is 0 Å². The van der Waals surface area contributed by atoms with Crippen molar-refractivity contribution in [3.63, 3.8) is 0 Å². The van der Waals surface area contributed by atoms with Gasteiger partial charge in [0.05, 0.1) is 18.4 Å². The molecule has 214 valence electrons. The Balaban J connectivity index is 1.44. The van der Waals surface area contributed by atoms with E-state index in [-0.39, 0.29) is 51.3 Å². The molecule has 0 spiro atoms. The molecule has 1 saturated heterocycles. The van der Waals surface area contributed by atoms with Crippen LogP contribution in [0.2, 0.25) is 0 Å². The lowest BCUT2D eigenvalue weighted by atomic mass is 9.35. The molecule has 0 aromatic heterocycles. The van der Waals surface area contributed by atoms with Crippen molar-refractivity contribution in [3.8, 4) is 6.07 Å². The monoisotopic (exact) mass is 534 g/mol. The molecule has 9 atom stereocenters. The number of hydrogen-bond donors (Lipinski definition) is 1. The van der Waals surface area contributed by atoms with Crippen LogP contribution >= 0.6 is 0 Å². The van der Waals surface area contributed by atoms with Crippen LogP contribution in [0.5, 0.6) is 0 Å². The highest BCUT2D eigenvalue weighted by Gasteiger charge is 2.70. The van der Waals surface area contributed by atoms with Gasteiger partial charge in [-0.3, -0.25) is 14.9 Å². The summed E-state index contributed by atoms with van der Waals surface area (Å²) in [7, 11) is 0. The van der Waals surface area contributed by atoms with E-state index in [0.717, 1.165) is 38.6 Å². The fourth-order valence-electron chi connectivity index (χ4n) is 11.8. The van der Waals surface area contributed by atoms with E-state index in [0.29, 0.717) is 35.8 Å². The van der Waals surface area contributed by atoms with Gasteiger partial charge in [0.15, 0.2) is 5.78 Å². The average Bonchev–Trinajstić information content (AvgIpc) is 3.37. The number of fused-ring (bicyclic) bond motifs is 6. The summed E-state index contributed by atoms with van der Waals surface area (Å²) in [6.45, 7) is 17.7. The predicted molar refractivity (Wildman–Crippen MR) is 151 cm³/mol. The molecule has 6 rings (SSSR count). The van der Waals surface area contributed by atoms with Gasteiger partial charge in [-0.2, -0.15) is 5.26 Å². The molecule has 5 heteroatoms. The molecule has 5 fully saturated rings. The molecule has 39 heavy (non-hydrogen) atoms. The van der Waals surface area contributed by atoms with Crippen LogP contribution in [0.3, 0.4) is 0 Å². The van der Waals surface area contributed by atoms with Crippen LogP contribution in [0.25, 0.3) is 0 Å². The number of carbonyl (C=O) groups excluding carboxylic acids is 2. The summed E-state index contributed by atoms with van der Waals surface area (Å²) < 4.78 is 6.40. The van der Waals surface area contributed by atoms with Crippen molar-refractivity contribution in [2.75, 3.05) is 13.3 Å². The van der Waals surface area contributed by atoms with Crippen LogP contribution in [-0.4, -0.2) is 30.9 Å². The maximum Gasteiger partial charge on any atom is 0.178 e. The highest BCUT2D eigenvalue weighted by molar-refractivity contribution is 6.04. The molecule has 1 N–H and O–H groups in total. The third-order valence-corrected chi connectivity index (χ3v) is 14.2. The van der Waals surface area contributed by atoms with Crippen molar-refractivity contribution < 1.29 is 14.3 Å². The van der Waals surface area contributed by atoms with Crippen molar-refractivity contribution in [1.82, 2.24) is 5.32 Å². The molecule has 0 bridgehead atoms. The number of ketones is 2. The van der Waals surface area contributed by atoms with Crippen molar-refractivity contribution in [3.05, 3.63) is 11.6 Å². The maximum atomic E-state index is 14.4. The highest BCUT2D eigenvalue weighted by atomic mass is 16.5. The zero-order valence-corrected chi connectivity index (χ0v) is 25.4. The Morgan fingerprint density at radius 2 is 1.67 bits per heavy atom. The number of nitrogens with one attached hydrogen (secondary N) is 1. The van der Waals surface area contributed by atoms with Gasteiger partial charge in [0.1, 0.15) is 11.9 Å². The highest BCUT2D eigenvalue weighted by Crippen LogP contribution is 2.74. The van der Waals surface area contributed by atoms with Crippen LogP contribution in [-0.2, 0) is 14.3 Å². The lowest BCUT2D eigenvalue weighted by Crippen LogP contribution is -2.64. The average molecular weight is 535 g/mol. The van der Waals surface area contributed by atoms with Crippen LogP contribution in [0.15, 0.2) is 11.6 Å². The Bertz CT molecular complexity index is 1160. The largest absolute Gasteiger partial charge is 0.361 e. The Kier molecular flexibility index (Phi) is 6.03. The number of allylic oxidation sites excluding steroid dienone is 2. The molecule has 6 aliphatic rings. The van der Waals surface area contributed by atoms with E-state index in [4.69, 9.17) is 4.74 Å². The summed E-state index contributed by atoms with van der Waals surface area (Å²) in [5.74, 6) is 1.30. The lowest BCUT2D eigenvalue weighted by molar-refractivity contribution is -0.188. The standard InChI is InChI=1S/C34H50N2O3/c1-29(2)10-12-34(27-19-36-20-39-27)13-11-32(6)23(14-22(34)17-29)24(37)15-26-31(5)16-21(18-35)28(38)30(3,4)25(31)8-9-33(26,32)7/h16,22-23,25-27,36H,8-15,17,19-20H2,1-7H3/t22?,23?,25?,26-,27?,31+,32-,33-,34+/m1/s1. The first kappa shape index (κ1) is 27.6. The molecule has 1 aliphatic heterocycles. The fraction of sp³-hybridized carbons (Fsp3) is 0.853. The quantitative estimate of drug-likeness (QED) is 0.409. The van der Waals surface area contributed by atoms with E-state index in [2.05, 4.69) is 46.0 Å². The second-order valence-corrected chi connectivity index (χ2v) is 16.6.